The highest BCUT2D eigenvalue weighted by Crippen LogP contribution is 2.33. The van der Waals surface area contributed by atoms with Crippen LogP contribution in [0.1, 0.15) is 25.3 Å². The molecule has 0 saturated carbocycles. The predicted molar refractivity (Wildman–Crippen MR) is 106 cm³/mol. The zero-order chi connectivity index (χ0) is 15.7. The van der Waals surface area contributed by atoms with Crippen LogP contribution < -0.4 is 20.1 Å². The van der Waals surface area contributed by atoms with Gasteiger partial charge in [-0.05, 0) is 24.1 Å². The Labute approximate surface area is 158 Å². The number of halogens is 2. The van der Waals surface area contributed by atoms with Gasteiger partial charge in [0, 0.05) is 24.6 Å². The van der Waals surface area contributed by atoms with Crippen LogP contribution >= 0.6 is 39.9 Å². The monoisotopic (exact) mass is 485 g/mol. The minimum absolute atomic E-state index is 0. The lowest BCUT2D eigenvalue weighted by atomic mass is 10.2. The van der Waals surface area contributed by atoms with Gasteiger partial charge in [-0.15, -0.1) is 24.0 Å². The van der Waals surface area contributed by atoms with Crippen molar-refractivity contribution in [1.29, 1.82) is 0 Å². The lowest BCUT2D eigenvalue weighted by Gasteiger charge is -2.14. The number of aliphatic imine (C=N–C) groups is 1. The molecule has 0 spiro atoms. The highest BCUT2D eigenvalue weighted by atomic mass is 127. The van der Waals surface area contributed by atoms with E-state index in [0.717, 1.165) is 35.4 Å². The van der Waals surface area contributed by atoms with E-state index in [-0.39, 0.29) is 24.0 Å². The van der Waals surface area contributed by atoms with Gasteiger partial charge in [-0.3, -0.25) is 4.99 Å². The average Bonchev–Trinajstić information content (AvgIpc) is 2.51. The van der Waals surface area contributed by atoms with E-state index in [1.807, 2.05) is 12.1 Å². The molecule has 2 N–H and O–H groups in total. The summed E-state index contributed by atoms with van der Waals surface area (Å²) in [5, 5.41) is 6.57. The Balaban J connectivity index is 0.00000441. The number of benzene rings is 1. The normalized spacial score (nSPS) is 10.7. The van der Waals surface area contributed by atoms with E-state index in [9.17, 15) is 0 Å². The molecule has 0 amide bonds. The molecular weight excluding hydrogens is 461 g/mol. The van der Waals surface area contributed by atoms with Crippen molar-refractivity contribution in [3.05, 3.63) is 22.2 Å². The first-order chi connectivity index (χ1) is 10.2. The molecule has 1 aromatic carbocycles. The SMILES string of the molecule is CCCCNC(=NC)NCc1cc(OC)c(OC)cc1Br.I. The van der Waals surface area contributed by atoms with E-state index in [1.165, 1.54) is 0 Å². The zero-order valence-electron chi connectivity index (χ0n) is 13.5. The fourth-order valence-corrected chi connectivity index (χ4v) is 2.28. The van der Waals surface area contributed by atoms with E-state index < -0.39 is 0 Å². The maximum Gasteiger partial charge on any atom is 0.191 e. The van der Waals surface area contributed by atoms with Crippen molar-refractivity contribution in [3.63, 3.8) is 0 Å². The summed E-state index contributed by atoms with van der Waals surface area (Å²) in [5.74, 6) is 2.22. The Morgan fingerprint density at radius 3 is 2.36 bits per heavy atom. The lowest BCUT2D eigenvalue weighted by Crippen LogP contribution is -2.37. The maximum atomic E-state index is 5.32. The Hall–Kier alpha value is -0.700. The van der Waals surface area contributed by atoms with Gasteiger partial charge in [0.05, 0.1) is 14.2 Å². The zero-order valence-corrected chi connectivity index (χ0v) is 17.4. The number of nitrogens with zero attached hydrogens (tertiary/aromatic N) is 1. The van der Waals surface area contributed by atoms with E-state index in [0.29, 0.717) is 18.0 Å². The summed E-state index contributed by atoms with van der Waals surface area (Å²) in [6.45, 7) is 3.73. The molecule has 0 saturated heterocycles. The molecule has 7 heteroatoms. The van der Waals surface area contributed by atoms with Gasteiger partial charge in [0.25, 0.3) is 0 Å². The van der Waals surface area contributed by atoms with Crippen molar-refractivity contribution in [2.45, 2.75) is 26.3 Å². The summed E-state index contributed by atoms with van der Waals surface area (Å²) < 4.78 is 11.6. The van der Waals surface area contributed by atoms with Crippen molar-refractivity contribution in [2.75, 3.05) is 27.8 Å². The van der Waals surface area contributed by atoms with E-state index in [4.69, 9.17) is 9.47 Å². The molecule has 0 fully saturated rings. The molecule has 0 heterocycles. The molecule has 0 unspecified atom stereocenters. The summed E-state index contributed by atoms with van der Waals surface area (Å²) in [5.41, 5.74) is 1.08. The van der Waals surface area contributed by atoms with Crippen LogP contribution in [-0.2, 0) is 6.54 Å². The second-order valence-electron chi connectivity index (χ2n) is 4.50. The van der Waals surface area contributed by atoms with Crippen LogP contribution in [0.15, 0.2) is 21.6 Å². The van der Waals surface area contributed by atoms with Gasteiger partial charge in [-0.1, -0.05) is 29.3 Å². The fourth-order valence-electron chi connectivity index (χ4n) is 1.81. The molecule has 0 aromatic heterocycles. The number of rotatable bonds is 7. The lowest BCUT2D eigenvalue weighted by molar-refractivity contribution is 0.354. The Bertz CT molecular complexity index is 484. The van der Waals surface area contributed by atoms with Crippen LogP contribution in [0.4, 0.5) is 0 Å². The molecule has 5 nitrogen and oxygen atoms in total. The molecule has 0 aliphatic rings. The summed E-state index contributed by atoms with van der Waals surface area (Å²) in [4.78, 5) is 4.20. The second-order valence-corrected chi connectivity index (χ2v) is 5.36. The number of guanidine groups is 1. The number of methoxy groups -OCH3 is 2. The van der Waals surface area contributed by atoms with Crippen molar-refractivity contribution >= 4 is 45.9 Å². The topological polar surface area (TPSA) is 54.9 Å². The molecule has 126 valence electrons. The molecule has 0 atom stereocenters. The largest absolute Gasteiger partial charge is 0.493 e. The molecular formula is C15H25BrIN3O2. The Morgan fingerprint density at radius 2 is 1.82 bits per heavy atom. The third kappa shape index (κ3) is 6.60. The van der Waals surface area contributed by atoms with E-state index >= 15 is 0 Å². The molecule has 1 rings (SSSR count). The van der Waals surface area contributed by atoms with Crippen LogP contribution in [0.25, 0.3) is 0 Å². The van der Waals surface area contributed by atoms with Crippen LogP contribution in [0.3, 0.4) is 0 Å². The smallest absolute Gasteiger partial charge is 0.191 e. The molecule has 0 radical (unpaired) electrons. The first-order valence-electron chi connectivity index (χ1n) is 7.01. The third-order valence-corrected chi connectivity index (χ3v) is 3.78. The molecule has 1 aromatic rings. The number of ether oxygens (including phenoxy) is 2. The number of hydrogen-bond donors (Lipinski definition) is 2. The maximum absolute atomic E-state index is 5.32. The fraction of sp³-hybridized carbons (Fsp3) is 0.533. The first-order valence-corrected chi connectivity index (χ1v) is 7.80. The summed E-state index contributed by atoms with van der Waals surface area (Å²) in [6, 6.07) is 3.86. The minimum atomic E-state index is 0. The van der Waals surface area contributed by atoms with Crippen molar-refractivity contribution in [1.82, 2.24) is 10.6 Å². The van der Waals surface area contributed by atoms with Gasteiger partial charge < -0.3 is 20.1 Å². The van der Waals surface area contributed by atoms with E-state index in [2.05, 4.69) is 38.5 Å². The summed E-state index contributed by atoms with van der Waals surface area (Å²) in [7, 11) is 5.03. The molecule has 0 bridgehead atoms. The van der Waals surface area contributed by atoms with Crippen LogP contribution in [0.5, 0.6) is 11.5 Å². The summed E-state index contributed by atoms with van der Waals surface area (Å²) in [6.07, 6.45) is 2.28. The molecule has 0 aliphatic heterocycles. The quantitative estimate of drug-likeness (QED) is 0.268. The number of nitrogens with one attached hydrogen (secondary N) is 2. The molecule has 0 aliphatic carbocycles. The van der Waals surface area contributed by atoms with E-state index in [1.54, 1.807) is 21.3 Å². The van der Waals surface area contributed by atoms with Gasteiger partial charge in [-0.2, -0.15) is 0 Å². The van der Waals surface area contributed by atoms with Crippen LogP contribution in [0.2, 0.25) is 0 Å². The number of unbranched alkanes of at least 4 members (excludes halogenated alkanes) is 1. The highest BCUT2D eigenvalue weighted by molar-refractivity contribution is 14.0. The van der Waals surface area contributed by atoms with Crippen molar-refractivity contribution < 1.29 is 9.47 Å². The number of hydrogen-bond acceptors (Lipinski definition) is 3. The van der Waals surface area contributed by atoms with Gasteiger partial charge in [0.15, 0.2) is 17.5 Å². The Morgan fingerprint density at radius 1 is 1.18 bits per heavy atom. The first kappa shape index (κ1) is 21.3. The minimum Gasteiger partial charge on any atom is -0.493 e. The second kappa shape index (κ2) is 11.8. The van der Waals surface area contributed by atoms with Gasteiger partial charge in [0.2, 0.25) is 0 Å². The van der Waals surface area contributed by atoms with Gasteiger partial charge in [-0.25, -0.2) is 0 Å². The Kier molecular flexibility index (Phi) is 11.4. The molecule has 22 heavy (non-hydrogen) atoms. The predicted octanol–water partition coefficient (Wildman–Crippen LogP) is 3.55. The standard InChI is InChI=1S/C15H24BrN3O2.HI/c1-5-6-7-18-15(17-2)19-10-11-8-13(20-3)14(21-4)9-12(11)16;/h8-9H,5-7,10H2,1-4H3,(H2,17,18,19);1H. The van der Waals surface area contributed by atoms with Gasteiger partial charge in [0.1, 0.15) is 0 Å². The summed E-state index contributed by atoms with van der Waals surface area (Å²) >= 11 is 3.55. The third-order valence-electron chi connectivity index (χ3n) is 3.05. The van der Waals surface area contributed by atoms with Gasteiger partial charge >= 0.3 is 0 Å². The van der Waals surface area contributed by atoms with Crippen LogP contribution in [-0.4, -0.2) is 33.8 Å². The van der Waals surface area contributed by atoms with Crippen molar-refractivity contribution in [3.8, 4) is 11.5 Å². The van der Waals surface area contributed by atoms with Crippen LogP contribution in [0, 0.1) is 0 Å². The van der Waals surface area contributed by atoms with Crippen molar-refractivity contribution in [2.24, 2.45) is 4.99 Å². The highest BCUT2D eigenvalue weighted by Gasteiger charge is 2.10. The average molecular weight is 486 g/mol.